The zero-order chi connectivity index (χ0) is 8.43. The number of hydrogen-bond donors (Lipinski definition) is 2. The SMILES string of the molecule is NC(=O)c1cc(C(=O)O)sn1. The topological polar surface area (TPSA) is 93.3 Å². The number of nitrogens with two attached hydrogens (primary N) is 1. The summed E-state index contributed by atoms with van der Waals surface area (Å²) in [6.07, 6.45) is 0. The lowest BCUT2D eigenvalue weighted by Gasteiger charge is -1.81. The fourth-order valence-corrected chi connectivity index (χ4v) is 1.07. The van der Waals surface area contributed by atoms with Crippen LogP contribution in [0.3, 0.4) is 0 Å². The van der Waals surface area contributed by atoms with Crippen molar-refractivity contribution >= 4 is 23.4 Å². The molecule has 0 bridgehead atoms. The smallest absolute Gasteiger partial charge is 0.347 e. The van der Waals surface area contributed by atoms with Gasteiger partial charge in [-0.1, -0.05) is 0 Å². The van der Waals surface area contributed by atoms with Crippen LogP contribution in [-0.2, 0) is 0 Å². The molecule has 0 aliphatic carbocycles. The van der Waals surface area contributed by atoms with Crippen molar-refractivity contribution in [2.45, 2.75) is 0 Å². The van der Waals surface area contributed by atoms with Crippen molar-refractivity contribution in [3.05, 3.63) is 16.6 Å². The number of amides is 1. The highest BCUT2D eigenvalue weighted by atomic mass is 32.1. The first-order chi connectivity index (χ1) is 5.11. The Hall–Kier alpha value is -1.43. The van der Waals surface area contributed by atoms with Gasteiger partial charge in [0.2, 0.25) is 0 Å². The average molecular weight is 172 g/mol. The van der Waals surface area contributed by atoms with Crippen LogP contribution in [0.15, 0.2) is 6.07 Å². The van der Waals surface area contributed by atoms with E-state index in [9.17, 15) is 9.59 Å². The van der Waals surface area contributed by atoms with E-state index in [0.29, 0.717) is 0 Å². The van der Waals surface area contributed by atoms with E-state index in [1.165, 1.54) is 0 Å². The molecule has 0 unspecified atom stereocenters. The maximum absolute atomic E-state index is 10.4. The van der Waals surface area contributed by atoms with Gasteiger partial charge in [0.05, 0.1) is 0 Å². The van der Waals surface area contributed by atoms with Gasteiger partial charge in [-0.25, -0.2) is 4.79 Å². The van der Waals surface area contributed by atoms with Crippen molar-refractivity contribution in [1.29, 1.82) is 0 Å². The molecule has 0 aliphatic heterocycles. The second-order valence-electron chi connectivity index (χ2n) is 1.75. The Balaban J connectivity index is 2.99. The molecule has 11 heavy (non-hydrogen) atoms. The molecule has 1 amide bonds. The Morgan fingerprint density at radius 3 is 2.55 bits per heavy atom. The van der Waals surface area contributed by atoms with Crippen LogP contribution in [0.25, 0.3) is 0 Å². The number of carbonyl (C=O) groups is 2. The molecule has 5 nitrogen and oxygen atoms in total. The van der Waals surface area contributed by atoms with Crippen molar-refractivity contribution in [3.8, 4) is 0 Å². The normalized spacial score (nSPS) is 9.45. The number of carboxylic acid groups (broad SMARTS) is 1. The number of aromatic carboxylic acids is 1. The number of carboxylic acids is 1. The third-order valence-electron chi connectivity index (χ3n) is 0.973. The van der Waals surface area contributed by atoms with Gasteiger partial charge in [-0.05, 0) is 17.6 Å². The number of primary amides is 1. The van der Waals surface area contributed by atoms with Crippen LogP contribution < -0.4 is 5.73 Å². The second kappa shape index (κ2) is 2.67. The summed E-state index contributed by atoms with van der Waals surface area (Å²) in [5.74, 6) is -1.82. The first-order valence-corrected chi connectivity index (χ1v) is 3.38. The van der Waals surface area contributed by atoms with Gasteiger partial charge in [0.25, 0.3) is 5.91 Å². The zero-order valence-corrected chi connectivity index (χ0v) is 6.09. The molecule has 1 rings (SSSR count). The summed E-state index contributed by atoms with van der Waals surface area (Å²) in [4.78, 5) is 20.7. The zero-order valence-electron chi connectivity index (χ0n) is 5.27. The molecule has 1 aromatic heterocycles. The van der Waals surface area contributed by atoms with Gasteiger partial charge in [0.1, 0.15) is 10.6 Å². The molecule has 0 aliphatic rings. The van der Waals surface area contributed by atoms with Gasteiger partial charge >= 0.3 is 5.97 Å². The highest BCUT2D eigenvalue weighted by Gasteiger charge is 2.11. The molecule has 0 atom stereocenters. The van der Waals surface area contributed by atoms with E-state index in [0.717, 1.165) is 17.6 Å². The third-order valence-corrected chi connectivity index (χ3v) is 1.75. The fourth-order valence-electron chi connectivity index (χ4n) is 0.492. The Kier molecular flexibility index (Phi) is 1.86. The fraction of sp³-hybridized carbons (Fsp3) is 0. The van der Waals surface area contributed by atoms with E-state index >= 15 is 0 Å². The van der Waals surface area contributed by atoms with Gasteiger partial charge in [0, 0.05) is 0 Å². The molecule has 0 saturated carbocycles. The van der Waals surface area contributed by atoms with E-state index in [4.69, 9.17) is 10.8 Å². The number of nitrogens with zero attached hydrogens (tertiary/aromatic N) is 1. The number of carbonyl (C=O) groups excluding carboxylic acids is 1. The van der Waals surface area contributed by atoms with Crippen molar-refractivity contribution in [2.75, 3.05) is 0 Å². The van der Waals surface area contributed by atoms with Crippen LogP contribution in [0.4, 0.5) is 0 Å². The van der Waals surface area contributed by atoms with Crippen LogP contribution >= 0.6 is 11.5 Å². The maximum Gasteiger partial charge on any atom is 0.347 e. The van der Waals surface area contributed by atoms with E-state index in [1.54, 1.807) is 0 Å². The van der Waals surface area contributed by atoms with Crippen molar-refractivity contribution in [1.82, 2.24) is 4.37 Å². The standard InChI is InChI=1S/C5H4N2O3S/c6-4(8)2-1-3(5(9)10)11-7-2/h1H,(H2,6,8)(H,9,10). The summed E-state index contributed by atoms with van der Waals surface area (Å²) >= 11 is 0.736. The molecule has 0 fully saturated rings. The molecule has 0 saturated heterocycles. The van der Waals surface area contributed by atoms with Crippen molar-refractivity contribution in [2.24, 2.45) is 5.73 Å². The molecule has 6 heteroatoms. The van der Waals surface area contributed by atoms with E-state index in [-0.39, 0.29) is 10.6 Å². The highest BCUT2D eigenvalue weighted by Crippen LogP contribution is 2.08. The van der Waals surface area contributed by atoms with Crippen molar-refractivity contribution < 1.29 is 14.7 Å². The molecule has 0 aromatic carbocycles. The first kappa shape index (κ1) is 7.67. The Labute approximate surface area is 65.6 Å². The predicted molar refractivity (Wildman–Crippen MR) is 37.6 cm³/mol. The van der Waals surface area contributed by atoms with Gasteiger partial charge < -0.3 is 10.8 Å². The van der Waals surface area contributed by atoms with Crippen LogP contribution in [0.2, 0.25) is 0 Å². The Bertz CT molecular complexity index is 278. The lowest BCUT2D eigenvalue weighted by molar-refractivity contribution is 0.0702. The van der Waals surface area contributed by atoms with Crippen LogP contribution in [-0.4, -0.2) is 21.4 Å². The molecule has 3 N–H and O–H groups in total. The monoisotopic (exact) mass is 172 g/mol. The summed E-state index contributed by atoms with van der Waals surface area (Å²) in [5.41, 5.74) is 4.83. The first-order valence-electron chi connectivity index (χ1n) is 2.61. The van der Waals surface area contributed by atoms with Crippen LogP contribution in [0.5, 0.6) is 0 Å². The summed E-state index contributed by atoms with van der Waals surface area (Å²) in [7, 11) is 0. The molecule has 58 valence electrons. The molecule has 1 heterocycles. The lowest BCUT2D eigenvalue weighted by atomic mass is 10.4. The number of rotatable bonds is 2. The average Bonchev–Trinajstić information content (AvgIpc) is 2.33. The van der Waals surface area contributed by atoms with E-state index in [1.807, 2.05) is 0 Å². The summed E-state index contributed by atoms with van der Waals surface area (Å²) < 4.78 is 3.52. The predicted octanol–water partition coefficient (Wildman–Crippen LogP) is -0.0598. The highest BCUT2D eigenvalue weighted by molar-refractivity contribution is 7.08. The Morgan fingerprint density at radius 2 is 2.27 bits per heavy atom. The van der Waals surface area contributed by atoms with Gasteiger partial charge in [0.15, 0.2) is 0 Å². The maximum atomic E-state index is 10.4. The molecular weight excluding hydrogens is 168 g/mol. The second-order valence-corrected chi connectivity index (χ2v) is 2.55. The van der Waals surface area contributed by atoms with E-state index < -0.39 is 11.9 Å². The van der Waals surface area contributed by atoms with E-state index in [2.05, 4.69) is 4.37 Å². The van der Waals surface area contributed by atoms with Crippen LogP contribution in [0.1, 0.15) is 20.2 Å². The quantitative estimate of drug-likeness (QED) is 0.653. The lowest BCUT2D eigenvalue weighted by Crippen LogP contribution is -2.10. The largest absolute Gasteiger partial charge is 0.477 e. The third kappa shape index (κ3) is 1.53. The molecule has 1 aromatic rings. The Morgan fingerprint density at radius 1 is 1.64 bits per heavy atom. The molecular formula is C5H4N2O3S. The minimum atomic E-state index is -1.10. The van der Waals surface area contributed by atoms with Gasteiger partial charge in [-0.3, -0.25) is 4.79 Å². The summed E-state index contributed by atoms with van der Waals surface area (Å²) in [5, 5.41) is 8.40. The molecule has 0 spiro atoms. The summed E-state index contributed by atoms with van der Waals surface area (Å²) in [6.45, 7) is 0. The number of hydrogen-bond acceptors (Lipinski definition) is 4. The van der Waals surface area contributed by atoms with Crippen LogP contribution in [0, 0.1) is 0 Å². The minimum Gasteiger partial charge on any atom is -0.477 e. The van der Waals surface area contributed by atoms with Gasteiger partial charge in [-0.2, -0.15) is 4.37 Å². The number of aromatic nitrogens is 1. The minimum absolute atomic E-state index is 0.00704. The molecule has 0 radical (unpaired) electrons. The van der Waals surface area contributed by atoms with Crippen molar-refractivity contribution in [3.63, 3.8) is 0 Å². The summed E-state index contributed by atoms with van der Waals surface area (Å²) in [6, 6.07) is 1.15. The van der Waals surface area contributed by atoms with Gasteiger partial charge in [-0.15, -0.1) is 0 Å².